The quantitative estimate of drug-likeness (QED) is 0.573. The van der Waals surface area contributed by atoms with Gasteiger partial charge in [0.25, 0.3) is 0 Å². The molecule has 0 spiro atoms. The first-order valence-electron chi connectivity index (χ1n) is 9.99. The van der Waals surface area contributed by atoms with E-state index in [-0.39, 0.29) is 12.0 Å². The molecule has 148 valence electrons. The van der Waals surface area contributed by atoms with Gasteiger partial charge in [0.2, 0.25) is 0 Å². The summed E-state index contributed by atoms with van der Waals surface area (Å²) in [6, 6.07) is 11.8. The summed E-state index contributed by atoms with van der Waals surface area (Å²) in [6.45, 7) is 3.80. The van der Waals surface area contributed by atoms with Crippen molar-refractivity contribution in [1.82, 2.24) is 24.3 Å². The number of fused-ring (bicyclic) bond motifs is 3. The van der Waals surface area contributed by atoms with Crippen molar-refractivity contribution in [2.75, 3.05) is 13.1 Å². The third-order valence-corrected chi connectivity index (χ3v) is 5.88. The van der Waals surface area contributed by atoms with Crippen LogP contribution in [0.2, 0.25) is 0 Å². The molecule has 7 nitrogen and oxygen atoms in total. The number of ether oxygens (including phenoxy) is 1. The maximum absolute atomic E-state index is 12.7. The number of carbonyl (C=O) groups excluding carboxylic acids is 1. The predicted octanol–water partition coefficient (Wildman–Crippen LogP) is 3.97. The van der Waals surface area contributed by atoms with Crippen LogP contribution in [-0.4, -0.2) is 43.4 Å². The van der Waals surface area contributed by atoms with Crippen molar-refractivity contribution in [2.24, 2.45) is 5.92 Å². The van der Waals surface area contributed by atoms with Crippen LogP contribution in [0.25, 0.3) is 16.8 Å². The number of nitrogens with zero attached hydrogens (tertiary/aromatic N) is 4. The third-order valence-electron chi connectivity index (χ3n) is 5.88. The molecule has 1 aliphatic rings. The van der Waals surface area contributed by atoms with Gasteiger partial charge in [-0.05, 0) is 17.5 Å². The van der Waals surface area contributed by atoms with Crippen LogP contribution in [0.4, 0.5) is 4.79 Å². The summed E-state index contributed by atoms with van der Waals surface area (Å²) in [6.07, 6.45) is 6.33. The number of amides is 1. The highest BCUT2D eigenvalue weighted by molar-refractivity contribution is 5.75. The summed E-state index contributed by atoms with van der Waals surface area (Å²) in [7, 11) is 0. The average Bonchev–Trinajstić information content (AvgIpc) is 3.48. The first kappa shape index (κ1) is 17.7. The van der Waals surface area contributed by atoms with Crippen LogP contribution in [0, 0.1) is 5.92 Å². The van der Waals surface area contributed by atoms with E-state index in [1.165, 1.54) is 0 Å². The number of imidazole rings is 1. The fourth-order valence-corrected chi connectivity index (χ4v) is 4.33. The van der Waals surface area contributed by atoms with Gasteiger partial charge in [-0.2, -0.15) is 0 Å². The Morgan fingerprint density at radius 1 is 1.17 bits per heavy atom. The zero-order valence-corrected chi connectivity index (χ0v) is 16.3. The molecule has 1 aliphatic heterocycles. The van der Waals surface area contributed by atoms with E-state index >= 15 is 0 Å². The Morgan fingerprint density at radius 3 is 2.86 bits per heavy atom. The molecule has 0 saturated carbocycles. The Hall–Kier alpha value is -3.35. The van der Waals surface area contributed by atoms with Crippen molar-refractivity contribution in [1.29, 1.82) is 0 Å². The Labute approximate surface area is 168 Å². The number of hydrogen-bond acceptors (Lipinski definition) is 4. The molecule has 29 heavy (non-hydrogen) atoms. The second-order valence-electron chi connectivity index (χ2n) is 7.57. The molecule has 5 rings (SSSR count). The number of rotatable bonds is 4. The number of aromatic nitrogens is 4. The highest BCUT2D eigenvalue weighted by Crippen LogP contribution is 2.36. The Bertz CT molecular complexity index is 1150. The van der Waals surface area contributed by atoms with Gasteiger partial charge < -0.3 is 14.6 Å². The third kappa shape index (κ3) is 3.12. The van der Waals surface area contributed by atoms with Crippen molar-refractivity contribution >= 4 is 22.9 Å². The second kappa shape index (κ2) is 7.24. The predicted molar refractivity (Wildman–Crippen MR) is 110 cm³/mol. The number of aromatic amines is 1. The molecular formula is C22H23N5O2. The number of likely N-dealkylation sites (tertiary alicyclic amines) is 1. The molecule has 0 bridgehead atoms. The van der Waals surface area contributed by atoms with Crippen LogP contribution in [0.1, 0.15) is 30.5 Å². The Kier molecular flexibility index (Phi) is 4.42. The molecule has 1 amide bonds. The molecule has 0 unspecified atom stereocenters. The zero-order valence-electron chi connectivity index (χ0n) is 16.3. The minimum Gasteiger partial charge on any atom is -0.445 e. The number of benzene rings is 1. The van der Waals surface area contributed by atoms with E-state index in [1.807, 2.05) is 53.7 Å². The van der Waals surface area contributed by atoms with E-state index < -0.39 is 0 Å². The summed E-state index contributed by atoms with van der Waals surface area (Å²) >= 11 is 0. The smallest absolute Gasteiger partial charge is 0.410 e. The van der Waals surface area contributed by atoms with Crippen LogP contribution in [0.15, 0.2) is 55.0 Å². The number of hydrogen-bond donors (Lipinski definition) is 1. The fourth-order valence-electron chi connectivity index (χ4n) is 4.33. The highest BCUT2D eigenvalue weighted by atomic mass is 16.6. The van der Waals surface area contributed by atoms with Gasteiger partial charge in [-0.3, -0.25) is 4.40 Å². The van der Waals surface area contributed by atoms with Gasteiger partial charge in [0, 0.05) is 37.1 Å². The van der Waals surface area contributed by atoms with E-state index in [0.717, 1.165) is 34.5 Å². The SMILES string of the molecule is CC[C@H]1CN(C(=O)OCc2ccccc2)C[C@H]1c1cnc2cnc3[nH]ccc3n12. The van der Waals surface area contributed by atoms with Crippen molar-refractivity contribution in [3.63, 3.8) is 0 Å². The molecular weight excluding hydrogens is 366 g/mol. The summed E-state index contributed by atoms with van der Waals surface area (Å²) in [5.41, 5.74) is 4.79. The highest BCUT2D eigenvalue weighted by Gasteiger charge is 2.37. The molecule has 1 fully saturated rings. The first-order valence-corrected chi connectivity index (χ1v) is 9.99. The number of carbonyl (C=O) groups is 1. The fraction of sp³-hybridized carbons (Fsp3) is 0.318. The largest absolute Gasteiger partial charge is 0.445 e. The number of H-pyrrole nitrogens is 1. The lowest BCUT2D eigenvalue weighted by atomic mass is 9.91. The van der Waals surface area contributed by atoms with Gasteiger partial charge in [-0.1, -0.05) is 43.7 Å². The molecule has 1 N–H and O–H groups in total. The van der Waals surface area contributed by atoms with Crippen molar-refractivity contribution in [2.45, 2.75) is 25.9 Å². The van der Waals surface area contributed by atoms with Crippen LogP contribution < -0.4 is 0 Å². The minimum atomic E-state index is -0.253. The monoisotopic (exact) mass is 389 g/mol. The van der Waals surface area contributed by atoms with Gasteiger partial charge in [0.1, 0.15) is 6.61 Å². The van der Waals surface area contributed by atoms with Crippen LogP contribution >= 0.6 is 0 Å². The van der Waals surface area contributed by atoms with E-state index in [9.17, 15) is 4.79 Å². The zero-order chi connectivity index (χ0) is 19.8. The van der Waals surface area contributed by atoms with Crippen LogP contribution in [0.5, 0.6) is 0 Å². The lowest BCUT2D eigenvalue weighted by molar-refractivity contribution is 0.103. The molecule has 7 heteroatoms. The number of nitrogens with one attached hydrogen (secondary N) is 1. The first-order chi connectivity index (χ1) is 14.2. The van der Waals surface area contributed by atoms with Gasteiger partial charge in [-0.15, -0.1) is 0 Å². The Morgan fingerprint density at radius 2 is 2.03 bits per heavy atom. The maximum Gasteiger partial charge on any atom is 0.410 e. The van der Waals surface area contributed by atoms with Crippen molar-refractivity contribution < 1.29 is 9.53 Å². The summed E-state index contributed by atoms with van der Waals surface area (Å²) in [5.74, 6) is 0.570. The van der Waals surface area contributed by atoms with Crippen LogP contribution in [0.3, 0.4) is 0 Å². The average molecular weight is 389 g/mol. The molecule has 3 aromatic heterocycles. The van der Waals surface area contributed by atoms with E-state index in [0.29, 0.717) is 25.6 Å². The molecule has 4 aromatic rings. The van der Waals surface area contributed by atoms with Gasteiger partial charge in [-0.25, -0.2) is 14.8 Å². The Balaban J connectivity index is 1.39. The molecule has 1 aromatic carbocycles. The van der Waals surface area contributed by atoms with E-state index in [4.69, 9.17) is 4.74 Å². The van der Waals surface area contributed by atoms with Gasteiger partial charge >= 0.3 is 6.09 Å². The molecule has 4 heterocycles. The minimum absolute atomic E-state index is 0.208. The summed E-state index contributed by atoms with van der Waals surface area (Å²) < 4.78 is 7.72. The van der Waals surface area contributed by atoms with Crippen molar-refractivity contribution in [3.8, 4) is 0 Å². The van der Waals surface area contributed by atoms with Crippen molar-refractivity contribution in [3.05, 3.63) is 66.2 Å². The maximum atomic E-state index is 12.7. The lowest BCUT2D eigenvalue weighted by Crippen LogP contribution is -2.29. The molecule has 2 atom stereocenters. The van der Waals surface area contributed by atoms with E-state index in [2.05, 4.69) is 26.3 Å². The lowest BCUT2D eigenvalue weighted by Gasteiger charge is -2.16. The van der Waals surface area contributed by atoms with Gasteiger partial charge in [0.15, 0.2) is 11.3 Å². The summed E-state index contributed by atoms with van der Waals surface area (Å²) in [4.78, 5) is 26.7. The molecule has 0 aliphatic carbocycles. The molecule has 0 radical (unpaired) electrons. The topological polar surface area (TPSA) is 75.5 Å². The van der Waals surface area contributed by atoms with Gasteiger partial charge in [0.05, 0.1) is 11.7 Å². The standard InChI is InChI=1S/C22H23N5O2/c1-2-16-12-26(22(28)29-14-15-6-4-3-5-7-15)13-17(16)19-10-24-20-11-25-21-18(27(19)20)8-9-23-21/h3-11,16-17,23H,2,12-14H2,1H3/t16-,17+/m0/s1. The summed E-state index contributed by atoms with van der Waals surface area (Å²) in [5, 5.41) is 0. The molecule has 1 saturated heterocycles. The van der Waals surface area contributed by atoms with E-state index in [1.54, 1.807) is 6.20 Å². The normalized spacial score (nSPS) is 19.3. The second-order valence-corrected chi connectivity index (χ2v) is 7.57. The van der Waals surface area contributed by atoms with Crippen LogP contribution in [-0.2, 0) is 11.3 Å².